The van der Waals surface area contributed by atoms with Gasteiger partial charge in [0.25, 0.3) is 0 Å². The number of hydrogen-bond acceptors (Lipinski definition) is 4. The van der Waals surface area contributed by atoms with Crippen molar-refractivity contribution in [1.82, 2.24) is 9.29 Å². The molecule has 0 spiro atoms. The van der Waals surface area contributed by atoms with Crippen molar-refractivity contribution in [3.8, 4) is 0 Å². The fourth-order valence-electron chi connectivity index (χ4n) is 1.24. The van der Waals surface area contributed by atoms with Gasteiger partial charge in [0.1, 0.15) is 4.90 Å². The molecule has 5 nitrogen and oxygen atoms in total. The van der Waals surface area contributed by atoms with Crippen LogP contribution in [-0.2, 0) is 16.6 Å². The average Bonchev–Trinajstić information content (AvgIpc) is 2.27. The molecule has 0 amide bonds. The Labute approximate surface area is 96.3 Å². The number of hydrogen-bond donors (Lipinski definition) is 1. The van der Waals surface area contributed by atoms with Crippen molar-refractivity contribution in [1.29, 1.82) is 0 Å². The maximum atomic E-state index is 12.2. The Bertz CT molecular complexity index is 457. The van der Waals surface area contributed by atoms with Gasteiger partial charge in [-0.3, -0.25) is 4.98 Å². The third kappa shape index (κ3) is 2.40. The summed E-state index contributed by atoms with van der Waals surface area (Å²) in [6, 6.07) is 3.03. The first-order valence-electron chi connectivity index (χ1n) is 5.03. The largest absolute Gasteiger partial charge is 0.325 e. The second-order valence-electron chi connectivity index (χ2n) is 3.77. The first-order valence-corrected chi connectivity index (χ1v) is 6.47. The molecule has 16 heavy (non-hydrogen) atoms. The highest BCUT2D eigenvalue weighted by Crippen LogP contribution is 2.18. The summed E-state index contributed by atoms with van der Waals surface area (Å²) >= 11 is 0. The van der Waals surface area contributed by atoms with Gasteiger partial charge in [-0.05, 0) is 26.0 Å². The number of rotatable bonds is 4. The molecule has 0 saturated carbocycles. The van der Waals surface area contributed by atoms with E-state index < -0.39 is 10.0 Å². The Morgan fingerprint density at radius 2 is 2.12 bits per heavy atom. The van der Waals surface area contributed by atoms with Crippen molar-refractivity contribution in [3.05, 3.63) is 24.0 Å². The summed E-state index contributed by atoms with van der Waals surface area (Å²) in [5.41, 5.74) is 5.88. The second-order valence-corrected chi connectivity index (χ2v) is 5.73. The first kappa shape index (κ1) is 13.1. The molecule has 0 unspecified atom stereocenters. The highest BCUT2D eigenvalue weighted by Gasteiger charge is 2.25. The molecule has 0 aromatic carbocycles. The quantitative estimate of drug-likeness (QED) is 0.838. The fraction of sp³-hybridized carbons (Fsp3) is 0.500. The summed E-state index contributed by atoms with van der Waals surface area (Å²) in [7, 11) is -1.94. The average molecular weight is 243 g/mol. The summed E-state index contributed by atoms with van der Waals surface area (Å²) in [4.78, 5) is 4.16. The van der Waals surface area contributed by atoms with Gasteiger partial charge in [0.05, 0.1) is 5.69 Å². The van der Waals surface area contributed by atoms with Crippen molar-refractivity contribution >= 4 is 10.0 Å². The van der Waals surface area contributed by atoms with Gasteiger partial charge in [-0.15, -0.1) is 0 Å². The smallest absolute Gasteiger partial charge is 0.244 e. The summed E-state index contributed by atoms with van der Waals surface area (Å²) in [5.74, 6) is 0. The van der Waals surface area contributed by atoms with Crippen LogP contribution in [0.25, 0.3) is 0 Å². The Morgan fingerprint density at radius 1 is 1.50 bits per heavy atom. The molecule has 0 saturated heterocycles. The van der Waals surface area contributed by atoms with E-state index in [1.54, 1.807) is 13.1 Å². The predicted molar refractivity (Wildman–Crippen MR) is 62.2 cm³/mol. The van der Waals surface area contributed by atoms with E-state index in [1.807, 2.05) is 13.8 Å². The van der Waals surface area contributed by atoms with E-state index in [0.29, 0.717) is 5.69 Å². The SMILES string of the molecule is CC(C)N(C)S(=O)(=O)c1cccnc1CN. The molecule has 0 fully saturated rings. The van der Waals surface area contributed by atoms with Gasteiger partial charge >= 0.3 is 0 Å². The molecule has 0 aliphatic rings. The van der Waals surface area contributed by atoms with Gasteiger partial charge in [0, 0.05) is 25.8 Å². The summed E-state index contributed by atoms with van der Waals surface area (Å²) in [5, 5.41) is 0. The van der Waals surface area contributed by atoms with E-state index in [9.17, 15) is 8.42 Å². The van der Waals surface area contributed by atoms with Crippen LogP contribution < -0.4 is 5.73 Å². The van der Waals surface area contributed by atoms with E-state index in [0.717, 1.165) is 0 Å². The molecule has 0 atom stereocenters. The zero-order valence-electron chi connectivity index (χ0n) is 9.71. The summed E-state index contributed by atoms with van der Waals surface area (Å²) in [6.45, 7) is 3.74. The predicted octanol–water partition coefficient (Wildman–Crippen LogP) is 0.569. The number of pyridine rings is 1. The van der Waals surface area contributed by atoms with Crippen molar-refractivity contribution < 1.29 is 8.42 Å². The van der Waals surface area contributed by atoms with Crippen LogP contribution in [0.15, 0.2) is 23.2 Å². The van der Waals surface area contributed by atoms with Crippen molar-refractivity contribution in [2.24, 2.45) is 5.73 Å². The molecule has 90 valence electrons. The highest BCUT2D eigenvalue weighted by molar-refractivity contribution is 7.89. The third-order valence-corrected chi connectivity index (χ3v) is 4.53. The second kappa shape index (κ2) is 4.90. The topological polar surface area (TPSA) is 76.3 Å². The zero-order valence-corrected chi connectivity index (χ0v) is 10.5. The molecule has 0 radical (unpaired) electrons. The Morgan fingerprint density at radius 3 is 2.62 bits per heavy atom. The molecule has 6 heteroatoms. The van der Waals surface area contributed by atoms with Gasteiger partial charge in [-0.1, -0.05) is 0 Å². The molecular formula is C10H17N3O2S. The van der Waals surface area contributed by atoms with Crippen LogP contribution >= 0.6 is 0 Å². The number of nitrogens with zero attached hydrogens (tertiary/aromatic N) is 2. The minimum atomic E-state index is -3.49. The molecule has 2 N–H and O–H groups in total. The fourth-order valence-corrected chi connectivity index (χ4v) is 2.79. The zero-order chi connectivity index (χ0) is 12.3. The van der Waals surface area contributed by atoms with Crippen molar-refractivity contribution in [2.75, 3.05) is 7.05 Å². The van der Waals surface area contributed by atoms with Crippen LogP contribution in [0.1, 0.15) is 19.5 Å². The van der Waals surface area contributed by atoms with Gasteiger partial charge in [0.2, 0.25) is 10.0 Å². The minimum absolute atomic E-state index is 0.101. The molecule has 1 aromatic heterocycles. The molecule has 0 aliphatic carbocycles. The van der Waals surface area contributed by atoms with Crippen LogP contribution in [0.4, 0.5) is 0 Å². The van der Waals surface area contributed by atoms with Crippen LogP contribution in [0.3, 0.4) is 0 Å². The Balaban J connectivity index is 3.27. The van der Waals surface area contributed by atoms with E-state index in [4.69, 9.17) is 5.73 Å². The van der Waals surface area contributed by atoms with Crippen LogP contribution in [-0.4, -0.2) is 30.8 Å². The lowest BCUT2D eigenvalue weighted by Crippen LogP contribution is -2.34. The van der Waals surface area contributed by atoms with Crippen molar-refractivity contribution in [2.45, 2.75) is 31.3 Å². The minimum Gasteiger partial charge on any atom is -0.325 e. The Hall–Kier alpha value is -0.980. The maximum Gasteiger partial charge on any atom is 0.244 e. The lowest BCUT2D eigenvalue weighted by Gasteiger charge is -2.21. The van der Waals surface area contributed by atoms with Gasteiger partial charge in [-0.2, -0.15) is 4.31 Å². The highest BCUT2D eigenvalue weighted by atomic mass is 32.2. The first-order chi connectivity index (χ1) is 7.41. The van der Waals surface area contributed by atoms with E-state index in [2.05, 4.69) is 4.98 Å². The number of nitrogens with two attached hydrogens (primary N) is 1. The van der Waals surface area contributed by atoms with Crippen molar-refractivity contribution in [3.63, 3.8) is 0 Å². The monoisotopic (exact) mass is 243 g/mol. The Kier molecular flexibility index (Phi) is 4.01. The van der Waals surface area contributed by atoms with E-state index >= 15 is 0 Å². The third-order valence-electron chi connectivity index (χ3n) is 2.43. The normalized spacial score (nSPS) is 12.4. The summed E-state index contributed by atoms with van der Waals surface area (Å²) < 4.78 is 25.7. The van der Waals surface area contributed by atoms with E-state index in [-0.39, 0.29) is 17.5 Å². The van der Waals surface area contributed by atoms with Gasteiger partial charge < -0.3 is 5.73 Å². The van der Waals surface area contributed by atoms with E-state index in [1.165, 1.54) is 16.6 Å². The molecular weight excluding hydrogens is 226 g/mol. The lowest BCUT2D eigenvalue weighted by molar-refractivity contribution is 0.410. The molecule has 1 rings (SSSR count). The molecule has 1 aromatic rings. The molecule has 0 bridgehead atoms. The van der Waals surface area contributed by atoms with Gasteiger partial charge in [-0.25, -0.2) is 8.42 Å². The lowest BCUT2D eigenvalue weighted by atomic mass is 10.3. The van der Waals surface area contributed by atoms with Gasteiger partial charge in [0.15, 0.2) is 0 Å². The molecule has 0 aliphatic heterocycles. The standard InChI is InChI=1S/C10H17N3O2S/c1-8(2)13(3)16(14,15)10-5-4-6-12-9(10)7-11/h4-6,8H,7,11H2,1-3H3. The summed E-state index contributed by atoms with van der Waals surface area (Å²) in [6.07, 6.45) is 1.54. The number of sulfonamides is 1. The molecule has 1 heterocycles. The number of aromatic nitrogens is 1. The maximum absolute atomic E-state index is 12.2. The van der Waals surface area contributed by atoms with Crippen LogP contribution in [0.5, 0.6) is 0 Å². The van der Waals surface area contributed by atoms with Crippen LogP contribution in [0, 0.1) is 0 Å². The van der Waals surface area contributed by atoms with Crippen LogP contribution in [0.2, 0.25) is 0 Å².